The van der Waals surface area contributed by atoms with Crippen LogP contribution in [0.5, 0.6) is 0 Å². The Hall–Kier alpha value is -2.24. The number of likely N-dealkylation sites (tertiary alicyclic amines) is 1. The lowest BCUT2D eigenvalue weighted by molar-refractivity contribution is -0.179. The van der Waals surface area contributed by atoms with Gasteiger partial charge in [-0.2, -0.15) is 5.10 Å². The summed E-state index contributed by atoms with van der Waals surface area (Å²) in [7, 11) is 1.61. The van der Waals surface area contributed by atoms with E-state index in [1.165, 1.54) is 15.6 Å². The van der Waals surface area contributed by atoms with Crippen molar-refractivity contribution in [1.29, 1.82) is 0 Å². The molecular formula is C17H25N5O6. The minimum atomic E-state index is -0.530. The highest BCUT2D eigenvalue weighted by Gasteiger charge is 2.52. The predicted octanol–water partition coefficient (Wildman–Crippen LogP) is -2.13. The number of ether oxygens (including phenoxy) is 3. The molecule has 28 heavy (non-hydrogen) atoms. The van der Waals surface area contributed by atoms with Gasteiger partial charge in [-0.05, 0) is 0 Å². The van der Waals surface area contributed by atoms with E-state index in [-0.39, 0.29) is 42.1 Å². The summed E-state index contributed by atoms with van der Waals surface area (Å²) >= 11 is 0. The van der Waals surface area contributed by atoms with Gasteiger partial charge < -0.3 is 24.4 Å². The third-order valence-electron chi connectivity index (χ3n) is 5.37. The molecular weight excluding hydrogens is 370 g/mol. The van der Waals surface area contributed by atoms with Gasteiger partial charge in [-0.1, -0.05) is 0 Å². The maximum absolute atomic E-state index is 12.4. The first-order valence-electron chi connectivity index (χ1n) is 9.46. The van der Waals surface area contributed by atoms with Gasteiger partial charge >= 0.3 is 5.69 Å². The first kappa shape index (κ1) is 19.1. The highest BCUT2D eigenvalue weighted by molar-refractivity contribution is 5.82. The Labute approximate surface area is 161 Å². The van der Waals surface area contributed by atoms with E-state index in [1.54, 1.807) is 11.9 Å². The van der Waals surface area contributed by atoms with Gasteiger partial charge in [0.15, 0.2) is 6.10 Å². The van der Waals surface area contributed by atoms with E-state index < -0.39 is 6.10 Å². The molecule has 3 fully saturated rings. The van der Waals surface area contributed by atoms with Gasteiger partial charge in [0, 0.05) is 19.9 Å². The van der Waals surface area contributed by atoms with Crippen LogP contribution in [0.3, 0.4) is 0 Å². The van der Waals surface area contributed by atoms with E-state index in [0.29, 0.717) is 45.9 Å². The first-order chi connectivity index (χ1) is 13.5. The molecule has 0 bridgehead atoms. The number of hydrogen-bond acceptors (Lipinski definition) is 7. The lowest BCUT2D eigenvalue weighted by atomic mass is 9.89. The molecule has 3 aliphatic heterocycles. The average Bonchev–Trinajstić information content (AvgIpc) is 3.23. The first-order valence-corrected chi connectivity index (χ1v) is 9.46. The molecule has 0 saturated carbocycles. The van der Waals surface area contributed by atoms with Gasteiger partial charge in [-0.3, -0.25) is 14.2 Å². The van der Waals surface area contributed by atoms with E-state index in [1.807, 2.05) is 0 Å². The molecule has 4 heterocycles. The minimum absolute atomic E-state index is 0.0674. The van der Waals surface area contributed by atoms with Crippen molar-refractivity contribution in [3.05, 3.63) is 16.8 Å². The largest absolute Gasteiger partial charge is 0.376 e. The van der Waals surface area contributed by atoms with Crippen molar-refractivity contribution < 1.29 is 23.8 Å². The predicted molar refractivity (Wildman–Crippen MR) is 94.5 cm³/mol. The maximum Gasteiger partial charge on any atom is 0.345 e. The highest BCUT2D eigenvalue weighted by Crippen LogP contribution is 2.35. The molecule has 2 amide bonds. The molecule has 11 heteroatoms. The van der Waals surface area contributed by atoms with Crippen LogP contribution in [-0.2, 0) is 37.4 Å². The summed E-state index contributed by atoms with van der Waals surface area (Å²) in [6.45, 7) is 2.90. The van der Waals surface area contributed by atoms with Crippen molar-refractivity contribution in [3.63, 3.8) is 0 Å². The molecule has 2 atom stereocenters. The Morgan fingerprint density at radius 3 is 2.82 bits per heavy atom. The monoisotopic (exact) mass is 395 g/mol. The van der Waals surface area contributed by atoms with Crippen LogP contribution in [0.2, 0.25) is 0 Å². The van der Waals surface area contributed by atoms with Gasteiger partial charge in [-0.25, -0.2) is 9.48 Å². The van der Waals surface area contributed by atoms with E-state index in [0.717, 1.165) is 0 Å². The molecule has 0 aliphatic carbocycles. The summed E-state index contributed by atoms with van der Waals surface area (Å²) in [5.74, 6) is -0.217. The zero-order valence-electron chi connectivity index (χ0n) is 15.8. The van der Waals surface area contributed by atoms with Gasteiger partial charge in [0.25, 0.3) is 5.91 Å². The Kier molecular flexibility index (Phi) is 5.21. The molecule has 11 nitrogen and oxygen atoms in total. The highest BCUT2D eigenvalue weighted by atomic mass is 16.6. The quantitative estimate of drug-likeness (QED) is 0.605. The zero-order valence-corrected chi connectivity index (χ0v) is 15.8. The van der Waals surface area contributed by atoms with Crippen LogP contribution in [0.1, 0.15) is 12.8 Å². The summed E-state index contributed by atoms with van der Waals surface area (Å²) in [4.78, 5) is 38.0. The Morgan fingerprint density at radius 2 is 2.14 bits per heavy atom. The molecule has 3 aliphatic rings. The smallest absolute Gasteiger partial charge is 0.345 e. The van der Waals surface area contributed by atoms with Gasteiger partial charge in [-0.15, -0.1) is 0 Å². The van der Waals surface area contributed by atoms with E-state index >= 15 is 0 Å². The topological polar surface area (TPSA) is 117 Å². The lowest BCUT2D eigenvalue weighted by Crippen LogP contribution is -2.66. The lowest BCUT2D eigenvalue weighted by Gasteiger charge is -2.48. The fourth-order valence-electron chi connectivity index (χ4n) is 3.88. The average molecular weight is 395 g/mol. The summed E-state index contributed by atoms with van der Waals surface area (Å²) < 4.78 is 19.3. The van der Waals surface area contributed by atoms with Crippen LogP contribution in [0.25, 0.3) is 0 Å². The van der Waals surface area contributed by atoms with Crippen molar-refractivity contribution in [3.8, 4) is 0 Å². The minimum Gasteiger partial charge on any atom is -0.376 e. The van der Waals surface area contributed by atoms with E-state index in [2.05, 4.69) is 10.4 Å². The third-order valence-corrected chi connectivity index (χ3v) is 5.37. The fraction of sp³-hybridized carbons (Fsp3) is 0.765. The van der Waals surface area contributed by atoms with Crippen LogP contribution < -0.4 is 11.0 Å². The molecule has 0 radical (unpaired) electrons. The molecule has 2 unspecified atom stereocenters. The van der Waals surface area contributed by atoms with Crippen LogP contribution >= 0.6 is 0 Å². The number of hydrogen-bond donors (Lipinski definition) is 1. The molecule has 0 aromatic carbocycles. The van der Waals surface area contributed by atoms with E-state index in [9.17, 15) is 14.4 Å². The van der Waals surface area contributed by atoms with Crippen molar-refractivity contribution in [2.75, 3.05) is 39.5 Å². The molecule has 1 N–H and O–H groups in total. The number of carbonyl (C=O) groups is 2. The van der Waals surface area contributed by atoms with Crippen molar-refractivity contribution in [1.82, 2.24) is 24.6 Å². The number of rotatable bonds is 5. The van der Waals surface area contributed by atoms with E-state index in [4.69, 9.17) is 14.2 Å². The second-order valence-electron chi connectivity index (χ2n) is 7.59. The number of amides is 2. The Balaban J connectivity index is 1.20. The third kappa shape index (κ3) is 3.82. The SMILES string of the molecule is Cn1cnn(CCC(=O)NC2COC3(C2)CN(C(=O)C2COCCO2)C3)c1=O. The van der Waals surface area contributed by atoms with Gasteiger partial charge in [0.1, 0.15) is 11.9 Å². The maximum atomic E-state index is 12.4. The number of nitrogens with zero attached hydrogens (tertiary/aromatic N) is 4. The van der Waals surface area contributed by atoms with Crippen LogP contribution in [0.4, 0.5) is 0 Å². The van der Waals surface area contributed by atoms with Crippen LogP contribution in [0, 0.1) is 0 Å². The van der Waals surface area contributed by atoms with Crippen LogP contribution in [-0.4, -0.2) is 88.3 Å². The van der Waals surface area contributed by atoms with Crippen molar-refractivity contribution >= 4 is 11.8 Å². The summed E-state index contributed by atoms with van der Waals surface area (Å²) in [5, 5.41) is 6.88. The second kappa shape index (κ2) is 7.64. The fourth-order valence-corrected chi connectivity index (χ4v) is 3.88. The molecule has 154 valence electrons. The van der Waals surface area contributed by atoms with Gasteiger partial charge in [0.2, 0.25) is 5.91 Å². The number of aromatic nitrogens is 3. The number of aryl methyl sites for hydroxylation is 2. The molecule has 1 spiro atoms. The van der Waals surface area contributed by atoms with Crippen LogP contribution in [0.15, 0.2) is 11.1 Å². The Bertz CT molecular complexity index is 792. The Morgan fingerprint density at radius 1 is 1.32 bits per heavy atom. The molecule has 3 saturated heterocycles. The number of carbonyl (C=O) groups excluding carboxylic acids is 2. The van der Waals surface area contributed by atoms with Gasteiger partial charge in [0.05, 0.1) is 52.1 Å². The normalized spacial score (nSPS) is 26.2. The summed E-state index contributed by atoms with van der Waals surface area (Å²) in [5.41, 5.74) is -0.636. The molecule has 4 rings (SSSR count). The van der Waals surface area contributed by atoms with Crippen molar-refractivity contribution in [2.45, 2.75) is 37.1 Å². The second-order valence-corrected chi connectivity index (χ2v) is 7.59. The summed E-state index contributed by atoms with van der Waals surface area (Å²) in [6.07, 6.45) is 1.72. The molecule has 1 aromatic heterocycles. The number of nitrogens with one attached hydrogen (secondary N) is 1. The van der Waals surface area contributed by atoms with Crippen molar-refractivity contribution in [2.24, 2.45) is 7.05 Å². The molecule has 1 aromatic rings. The summed E-state index contributed by atoms with van der Waals surface area (Å²) in [6, 6.07) is -0.0977. The zero-order chi connectivity index (χ0) is 19.7. The standard InChI is InChI=1S/C17H25N5O6/c1-20-11-18-22(16(20)25)3-2-14(23)19-12-6-17(28-7-12)9-21(10-17)15(24)13-8-26-4-5-27-13/h11-13H,2-10H2,1H3,(H,19,23).